The number of benzene rings is 1. The molecule has 2 aromatic heterocycles. The van der Waals surface area contributed by atoms with Gasteiger partial charge in [0.15, 0.2) is 5.65 Å². The summed E-state index contributed by atoms with van der Waals surface area (Å²) >= 11 is 5.87. The van der Waals surface area contributed by atoms with E-state index < -0.39 is 0 Å². The first-order valence-corrected chi connectivity index (χ1v) is 6.26. The molecule has 0 saturated heterocycles. The van der Waals surface area contributed by atoms with Gasteiger partial charge in [0.1, 0.15) is 5.82 Å². The zero-order valence-electron chi connectivity index (χ0n) is 9.97. The molecule has 0 aliphatic rings. The smallest absolute Gasteiger partial charge is 0.178 e. The third kappa shape index (κ3) is 1.77. The summed E-state index contributed by atoms with van der Waals surface area (Å²) in [5, 5.41) is 0. The van der Waals surface area contributed by atoms with Crippen molar-refractivity contribution < 1.29 is 0 Å². The van der Waals surface area contributed by atoms with Crippen molar-refractivity contribution in [3.8, 4) is 11.4 Å². The quantitative estimate of drug-likeness (QED) is 0.659. The van der Waals surface area contributed by atoms with Gasteiger partial charge in [-0.25, -0.2) is 9.97 Å². The highest BCUT2D eigenvalue weighted by Gasteiger charge is 2.10. The van der Waals surface area contributed by atoms with Crippen LogP contribution >= 0.6 is 11.6 Å². The van der Waals surface area contributed by atoms with Gasteiger partial charge in [-0.2, -0.15) is 0 Å². The van der Waals surface area contributed by atoms with Crippen LogP contribution in [0.2, 0.25) is 0 Å². The molecule has 0 bridgehead atoms. The van der Waals surface area contributed by atoms with Gasteiger partial charge in [0, 0.05) is 24.7 Å². The van der Waals surface area contributed by atoms with E-state index in [1.165, 1.54) is 0 Å². The molecule has 0 fully saturated rings. The molecule has 0 aliphatic carbocycles. The van der Waals surface area contributed by atoms with Crippen molar-refractivity contribution in [2.24, 2.45) is 7.05 Å². The lowest BCUT2D eigenvalue weighted by Crippen LogP contribution is -1.93. The van der Waals surface area contributed by atoms with Crippen LogP contribution in [0.4, 0.5) is 0 Å². The monoisotopic (exact) mass is 257 g/mol. The van der Waals surface area contributed by atoms with E-state index in [4.69, 9.17) is 11.6 Å². The van der Waals surface area contributed by atoms with Crippen molar-refractivity contribution in [3.63, 3.8) is 0 Å². The molecule has 4 heteroatoms. The van der Waals surface area contributed by atoms with Gasteiger partial charge >= 0.3 is 0 Å². The van der Waals surface area contributed by atoms with Gasteiger partial charge in [0.05, 0.1) is 5.52 Å². The standard InChI is InChI=1S/C14H12ClN3/c1-18-12-6-3-7-16-13(12)17-14(18)11-5-2-4-10(8-11)9-15/h2-8H,9H2,1H3. The first kappa shape index (κ1) is 11.2. The van der Waals surface area contributed by atoms with Crippen molar-refractivity contribution in [2.75, 3.05) is 0 Å². The van der Waals surface area contributed by atoms with Gasteiger partial charge in [-0.15, -0.1) is 11.6 Å². The number of rotatable bonds is 2. The fourth-order valence-corrected chi connectivity index (χ4v) is 2.24. The maximum Gasteiger partial charge on any atom is 0.178 e. The Balaban J connectivity index is 2.21. The van der Waals surface area contributed by atoms with Crippen molar-refractivity contribution in [1.29, 1.82) is 0 Å². The Bertz CT molecular complexity index is 703. The fraction of sp³-hybridized carbons (Fsp3) is 0.143. The molecule has 0 spiro atoms. The second kappa shape index (κ2) is 4.42. The first-order valence-electron chi connectivity index (χ1n) is 5.72. The Labute approximate surface area is 110 Å². The zero-order valence-corrected chi connectivity index (χ0v) is 10.7. The number of pyridine rings is 1. The van der Waals surface area contributed by atoms with Crippen LogP contribution in [-0.2, 0) is 12.9 Å². The number of aryl methyl sites for hydroxylation is 1. The molecule has 0 atom stereocenters. The van der Waals surface area contributed by atoms with Gasteiger partial charge in [-0.05, 0) is 23.8 Å². The van der Waals surface area contributed by atoms with Crippen molar-refractivity contribution in [1.82, 2.24) is 14.5 Å². The van der Waals surface area contributed by atoms with Crippen molar-refractivity contribution >= 4 is 22.8 Å². The lowest BCUT2D eigenvalue weighted by atomic mass is 10.1. The van der Waals surface area contributed by atoms with Crippen LogP contribution in [0.25, 0.3) is 22.6 Å². The zero-order chi connectivity index (χ0) is 12.5. The van der Waals surface area contributed by atoms with Crippen LogP contribution in [0.3, 0.4) is 0 Å². The molecule has 2 heterocycles. The van der Waals surface area contributed by atoms with E-state index >= 15 is 0 Å². The maximum atomic E-state index is 5.87. The number of fused-ring (bicyclic) bond motifs is 1. The molecular weight excluding hydrogens is 246 g/mol. The third-order valence-corrected chi connectivity index (χ3v) is 3.31. The summed E-state index contributed by atoms with van der Waals surface area (Å²) in [7, 11) is 2.00. The first-order chi connectivity index (χ1) is 8.79. The van der Waals surface area contributed by atoms with E-state index in [9.17, 15) is 0 Å². The number of hydrogen-bond donors (Lipinski definition) is 0. The Morgan fingerprint density at radius 2 is 2.11 bits per heavy atom. The maximum absolute atomic E-state index is 5.87. The number of imidazole rings is 1. The number of nitrogens with zero attached hydrogens (tertiary/aromatic N) is 3. The molecule has 0 saturated carbocycles. The van der Waals surface area contributed by atoms with Crippen molar-refractivity contribution in [3.05, 3.63) is 48.2 Å². The summed E-state index contributed by atoms with van der Waals surface area (Å²) in [5.74, 6) is 1.42. The van der Waals surface area contributed by atoms with Gasteiger partial charge in [-0.1, -0.05) is 18.2 Å². The lowest BCUT2D eigenvalue weighted by molar-refractivity contribution is 0.959. The van der Waals surface area contributed by atoms with E-state index in [1.54, 1.807) is 6.20 Å². The van der Waals surface area contributed by atoms with Crippen LogP contribution in [0.5, 0.6) is 0 Å². The highest BCUT2D eigenvalue weighted by Crippen LogP contribution is 2.23. The van der Waals surface area contributed by atoms with Crippen LogP contribution in [0, 0.1) is 0 Å². The fourth-order valence-electron chi connectivity index (χ4n) is 2.08. The largest absolute Gasteiger partial charge is 0.326 e. The summed E-state index contributed by atoms with van der Waals surface area (Å²) in [6.45, 7) is 0. The molecule has 18 heavy (non-hydrogen) atoms. The highest BCUT2D eigenvalue weighted by molar-refractivity contribution is 6.17. The lowest BCUT2D eigenvalue weighted by Gasteiger charge is -2.03. The molecule has 0 N–H and O–H groups in total. The molecule has 3 rings (SSSR count). The normalized spacial score (nSPS) is 11.0. The minimum Gasteiger partial charge on any atom is -0.326 e. The Kier molecular flexibility index (Phi) is 2.76. The molecular formula is C14H12ClN3. The van der Waals surface area contributed by atoms with Crippen LogP contribution in [-0.4, -0.2) is 14.5 Å². The van der Waals surface area contributed by atoms with Gasteiger partial charge in [0.2, 0.25) is 0 Å². The van der Waals surface area contributed by atoms with E-state index in [-0.39, 0.29) is 0 Å². The molecule has 3 aromatic rings. The Hall–Kier alpha value is -1.87. The summed E-state index contributed by atoms with van der Waals surface area (Å²) < 4.78 is 2.05. The second-order valence-electron chi connectivity index (χ2n) is 4.17. The molecule has 3 nitrogen and oxygen atoms in total. The molecule has 0 aliphatic heterocycles. The minimum absolute atomic E-state index is 0.510. The molecule has 0 unspecified atom stereocenters. The predicted molar refractivity (Wildman–Crippen MR) is 73.5 cm³/mol. The minimum atomic E-state index is 0.510. The number of alkyl halides is 1. The van der Waals surface area contributed by atoms with E-state index in [2.05, 4.69) is 20.6 Å². The average Bonchev–Trinajstić information content (AvgIpc) is 2.77. The van der Waals surface area contributed by atoms with Gasteiger partial charge in [-0.3, -0.25) is 0 Å². The molecule has 1 aromatic carbocycles. The van der Waals surface area contributed by atoms with E-state index in [0.29, 0.717) is 5.88 Å². The molecule has 90 valence electrons. The SMILES string of the molecule is Cn1c(-c2cccc(CCl)c2)nc2ncccc21. The predicted octanol–water partition coefficient (Wildman–Crippen LogP) is 3.37. The Morgan fingerprint density at radius 3 is 2.89 bits per heavy atom. The number of aromatic nitrogens is 3. The van der Waals surface area contributed by atoms with Crippen LogP contribution in [0.1, 0.15) is 5.56 Å². The summed E-state index contributed by atoms with van der Waals surface area (Å²) in [4.78, 5) is 8.84. The van der Waals surface area contributed by atoms with Crippen LogP contribution in [0.15, 0.2) is 42.6 Å². The highest BCUT2D eigenvalue weighted by atomic mass is 35.5. The van der Waals surface area contributed by atoms with Crippen LogP contribution < -0.4 is 0 Å². The summed E-state index contributed by atoms with van der Waals surface area (Å²) in [5.41, 5.74) is 3.96. The molecule has 0 amide bonds. The topological polar surface area (TPSA) is 30.7 Å². The summed E-state index contributed by atoms with van der Waals surface area (Å²) in [6.07, 6.45) is 1.76. The Morgan fingerprint density at radius 1 is 1.22 bits per heavy atom. The second-order valence-corrected chi connectivity index (χ2v) is 4.44. The third-order valence-electron chi connectivity index (χ3n) is 3.00. The number of halogens is 1. The summed E-state index contributed by atoms with van der Waals surface area (Å²) in [6, 6.07) is 12.1. The molecule has 0 radical (unpaired) electrons. The van der Waals surface area contributed by atoms with Gasteiger partial charge in [0.25, 0.3) is 0 Å². The van der Waals surface area contributed by atoms with Gasteiger partial charge < -0.3 is 4.57 Å². The van der Waals surface area contributed by atoms with E-state index in [1.807, 2.05) is 37.4 Å². The van der Waals surface area contributed by atoms with E-state index in [0.717, 1.165) is 28.1 Å². The van der Waals surface area contributed by atoms with Crippen molar-refractivity contribution in [2.45, 2.75) is 5.88 Å². The average molecular weight is 258 g/mol. The number of hydrogen-bond acceptors (Lipinski definition) is 2.